The van der Waals surface area contributed by atoms with Crippen LogP contribution in [0.25, 0.3) is 11.1 Å². The molecule has 0 bridgehead atoms. The van der Waals surface area contributed by atoms with Crippen molar-refractivity contribution >= 4 is 15.7 Å². The van der Waals surface area contributed by atoms with Crippen LogP contribution in [-0.2, 0) is 35.1 Å². The average molecular weight is 591 g/mol. The Balaban J connectivity index is 1.75. The van der Waals surface area contributed by atoms with Crippen molar-refractivity contribution in [3.8, 4) is 22.8 Å². The van der Waals surface area contributed by atoms with Crippen molar-refractivity contribution in [2.24, 2.45) is 0 Å². The average Bonchev–Trinajstić information content (AvgIpc) is 2.95. The maximum absolute atomic E-state index is 11.7. The zero-order chi connectivity index (χ0) is 30.5. The smallest absolute Gasteiger partial charge is 0.229 e. The second-order valence-corrected chi connectivity index (χ2v) is 13.0. The number of methoxy groups -OCH3 is 1. The predicted octanol–water partition coefficient (Wildman–Crippen LogP) is 5.77. The molecular formula is C33H38N2O6S. The lowest BCUT2D eigenvalue weighted by atomic mass is 9.82. The van der Waals surface area contributed by atoms with Crippen LogP contribution in [0.2, 0.25) is 0 Å². The van der Waals surface area contributed by atoms with Gasteiger partial charge in [0.15, 0.2) is 0 Å². The molecule has 1 heterocycles. The van der Waals surface area contributed by atoms with Gasteiger partial charge in [-0.3, -0.25) is 4.72 Å². The standard InChI is InChI=1S/C33H38N2O6S/c1-33(2,3)29-18-24(27-12-9-15-34-32(27)41-21-22-10-7-6-8-11-22)17-28(31(29)40-4)30(37)19-23-13-14-26(16-25(23)20-36)35-42(5,38)39/h6-18,30,35-37H,19-21H2,1-5H3. The number of aliphatic hydroxyl groups is 2. The van der Waals surface area contributed by atoms with Crippen molar-refractivity contribution in [2.75, 3.05) is 18.1 Å². The minimum Gasteiger partial charge on any atom is -0.496 e. The molecule has 222 valence electrons. The summed E-state index contributed by atoms with van der Waals surface area (Å²) < 4.78 is 37.8. The van der Waals surface area contributed by atoms with E-state index in [-0.39, 0.29) is 18.4 Å². The van der Waals surface area contributed by atoms with Crippen LogP contribution in [0.5, 0.6) is 11.6 Å². The Morgan fingerprint density at radius 3 is 2.36 bits per heavy atom. The third kappa shape index (κ3) is 7.67. The molecule has 0 aliphatic heterocycles. The van der Waals surface area contributed by atoms with Crippen LogP contribution in [0.4, 0.5) is 5.69 Å². The van der Waals surface area contributed by atoms with Gasteiger partial charge >= 0.3 is 0 Å². The number of anilines is 1. The van der Waals surface area contributed by atoms with E-state index in [1.54, 1.807) is 31.5 Å². The lowest BCUT2D eigenvalue weighted by Crippen LogP contribution is -2.16. The second-order valence-electron chi connectivity index (χ2n) is 11.3. The molecule has 0 saturated heterocycles. The van der Waals surface area contributed by atoms with Crippen LogP contribution >= 0.6 is 0 Å². The van der Waals surface area contributed by atoms with E-state index in [1.165, 1.54) is 0 Å². The number of nitrogens with zero attached hydrogens (tertiary/aromatic N) is 1. The van der Waals surface area contributed by atoms with Gasteiger partial charge in [-0.05, 0) is 64.1 Å². The molecule has 0 fully saturated rings. The van der Waals surface area contributed by atoms with Crippen molar-refractivity contribution in [2.45, 2.75) is 51.9 Å². The van der Waals surface area contributed by atoms with E-state index < -0.39 is 16.1 Å². The van der Waals surface area contributed by atoms with Crippen molar-refractivity contribution in [3.05, 3.63) is 107 Å². The van der Waals surface area contributed by atoms with Gasteiger partial charge in [0, 0.05) is 35.0 Å². The SMILES string of the molecule is COc1c(C(O)Cc2ccc(NS(C)(=O)=O)cc2CO)cc(-c2cccnc2OCc2ccccc2)cc1C(C)(C)C. The highest BCUT2D eigenvalue weighted by Gasteiger charge is 2.27. The van der Waals surface area contributed by atoms with Gasteiger partial charge < -0.3 is 19.7 Å². The maximum atomic E-state index is 11.7. The first-order valence-corrected chi connectivity index (χ1v) is 15.5. The van der Waals surface area contributed by atoms with Gasteiger partial charge in [-0.25, -0.2) is 13.4 Å². The molecule has 4 aromatic rings. The molecule has 0 radical (unpaired) electrons. The summed E-state index contributed by atoms with van der Waals surface area (Å²) in [5.41, 5.74) is 5.33. The van der Waals surface area contributed by atoms with Gasteiger partial charge in [-0.2, -0.15) is 0 Å². The summed E-state index contributed by atoms with van der Waals surface area (Å²) >= 11 is 0. The maximum Gasteiger partial charge on any atom is 0.229 e. The number of ether oxygens (including phenoxy) is 2. The number of sulfonamides is 1. The summed E-state index contributed by atoms with van der Waals surface area (Å²) in [6.45, 7) is 6.29. The lowest BCUT2D eigenvalue weighted by molar-refractivity contribution is 0.172. The van der Waals surface area contributed by atoms with Crippen LogP contribution in [0.15, 0.2) is 79.0 Å². The molecule has 1 unspecified atom stereocenters. The molecule has 1 aromatic heterocycles. The fourth-order valence-corrected chi connectivity index (χ4v) is 5.41. The summed E-state index contributed by atoms with van der Waals surface area (Å²) in [4.78, 5) is 4.51. The molecule has 0 saturated carbocycles. The molecule has 8 nitrogen and oxygen atoms in total. The summed E-state index contributed by atoms with van der Waals surface area (Å²) in [7, 11) is -1.89. The normalized spacial score (nSPS) is 12.5. The number of hydrogen-bond donors (Lipinski definition) is 3. The van der Waals surface area contributed by atoms with Gasteiger partial charge in [0.1, 0.15) is 12.4 Å². The molecule has 9 heteroatoms. The predicted molar refractivity (Wildman–Crippen MR) is 165 cm³/mol. The molecule has 1 atom stereocenters. The van der Waals surface area contributed by atoms with Gasteiger partial charge in [-0.1, -0.05) is 57.2 Å². The van der Waals surface area contributed by atoms with Crippen LogP contribution in [0.3, 0.4) is 0 Å². The third-order valence-electron chi connectivity index (χ3n) is 6.88. The van der Waals surface area contributed by atoms with Crippen LogP contribution in [0.1, 0.15) is 54.7 Å². The Morgan fingerprint density at radius 2 is 1.71 bits per heavy atom. The summed E-state index contributed by atoms with van der Waals surface area (Å²) in [5, 5.41) is 21.7. The van der Waals surface area contributed by atoms with Gasteiger partial charge in [-0.15, -0.1) is 0 Å². The molecule has 42 heavy (non-hydrogen) atoms. The zero-order valence-corrected chi connectivity index (χ0v) is 25.4. The van der Waals surface area contributed by atoms with E-state index in [2.05, 4.69) is 30.5 Å². The number of nitrogens with one attached hydrogen (secondary N) is 1. The van der Waals surface area contributed by atoms with E-state index in [4.69, 9.17) is 9.47 Å². The first-order chi connectivity index (χ1) is 19.9. The van der Waals surface area contributed by atoms with E-state index >= 15 is 0 Å². The molecule has 3 N–H and O–H groups in total. The Hall–Kier alpha value is -3.92. The van der Waals surface area contributed by atoms with Crippen molar-refractivity contribution in [1.82, 2.24) is 4.98 Å². The monoisotopic (exact) mass is 590 g/mol. The van der Waals surface area contributed by atoms with E-state index in [0.717, 1.165) is 28.5 Å². The topological polar surface area (TPSA) is 118 Å². The molecular weight excluding hydrogens is 552 g/mol. The number of benzene rings is 3. The fourth-order valence-electron chi connectivity index (χ4n) is 4.86. The second kappa shape index (κ2) is 12.9. The highest BCUT2D eigenvalue weighted by molar-refractivity contribution is 7.92. The van der Waals surface area contributed by atoms with Gasteiger partial charge in [0.2, 0.25) is 15.9 Å². The molecule has 3 aromatic carbocycles. The zero-order valence-electron chi connectivity index (χ0n) is 24.6. The number of rotatable bonds is 11. The Bertz CT molecular complexity index is 1630. The van der Waals surface area contributed by atoms with E-state index in [0.29, 0.717) is 40.6 Å². The van der Waals surface area contributed by atoms with Gasteiger partial charge in [0.05, 0.1) is 26.1 Å². The first-order valence-electron chi connectivity index (χ1n) is 13.6. The van der Waals surface area contributed by atoms with Gasteiger partial charge in [0.25, 0.3) is 0 Å². The van der Waals surface area contributed by atoms with Crippen LogP contribution < -0.4 is 14.2 Å². The molecule has 0 aliphatic rings. The number of aliphatic hydroxyl groups excluding tert-OH is 2. The Kier molecular flexibility index (Phi) is 9.56. The fraction of sp³-hybridized carbons (Fsp3) is 0.303. The largest absolute Gasteiger partial charge is 0.496 e. The molecule has 0 spiro atoms. The van der Waals surface area contributed by atoms with Crippen molar-refractivity contribution in [1.29, 1.82) is 0 Å². The summed E-state index contributed by atoms with van der Waals surface area (Å²) in [6, 6.07) is 22.5. The number of pyridine rings is 1. The molecule has 4 rings (SSSR count). The number of aromatic nitrogens is 1. The number of hydrogen-bond acceptors (Lipinski definition) is 7. The Morgan fingerprint density at radius 1 is 0.976 bits per heavy atom. The quantitative estimate of drug-likeness (QED) is 0.203. The van der Waals surface area contributed by atoms with Crippen molar-refractivity contribution in [3.63, 3.8) is 0 Å². The van der Waals surface area contributed by atoms with Crippen LogP contribution in [0, 0.1) is 0 Å². The molecule has 0 amide bonds. The Labute approximate surface area is 248 Å². The van der Waals surface area contributed by atoms with E-state index in [9.17, 15) is 18.6 Å². The lowest BCUT2D eigenvalue weighted by Gasteiger charge is -2.27. The first kappa shape index (κ1) is 31.0. The minimum absolute atomic E-state index is 0.169. The van der Waals surface area contributed by atoms with Crippen molar-refractivity contribution < 1.29 is 28.1 Å². The minimum atomic E-state index is -3.48. The molecule has 0 aliphatic carbocycles. The summed E-state index contributed by atoms with van der Waals surface area (Å²) in [5.74, 6) is 1.05. The van der Waals surface area contributed by atoms with Crippen LogP contribution in [-0.4, -0.2) is 37.0 Å². The highest BCUT2D eigenvalue weighted by Crippen LogP contribution is 2.42. The third-order valence-corrected chi connectivity index (χ3v) is 7.49. The van der Waals surface area contributed by atoms with E-state index in [1.807, 2.05) is 54.6 Å². The summed E-state index contributed by atoms with van der Waals surface area (Å²) in [6.07, 6.45) is 1.93. The highest BCUT2D eigenvalue weighted by atomic mass is 32.2.